The molecule has 0 aromatic heterocycles. The van der Waals surface area contributed by atoms with E-state index in [0.29, 0.717) is 0 Å². The fraction of sp³-hybridized carbons (Fsp3) is 0.500. The van der Waals surface area contributed by atoms with Crippen LogP contribution in [0.15, 0.2) is 24.3 Å². The van der Waals surface area contributed by atoms with Crippen LogP contribution in [0.4, 0.5) is 0 Å². The molecule has 0 unspecified atom stereocenters. The molecule has 0 amide bonds. The SMILES string of the molecule is CCC[c-]1cccc1.CCCc1c(C)c(C)c(C)[c-]1C.[Cl-].[Cl-].[Zr+4]. The van der Waals surface area contributed by atoms with Gasteiger partial charge < -0.3 is 24.8 Å². The fourth-order valence-electron chi connectivity index (χ4n) is 2.79. The van der Waals surface area contributed by atoms with Crippen molar-refractivity contribution in [3.63, 3.8) is 0 Å². The van der Waals surface area contributed by atoms with E-state index in [1.165, 1.54) is 53.5 Å². The van der Waals surface area contributed by atoms with Gasteiger partial charge in [0, 0.05) is 0 Å². The van der Waals surface area contributed by atoms with Crippen LogP contribution in [0.2, 0.25) is 0 Å². The molecule has 2 rings (SSSR count). The Bertz CT molecular complexity index is 485. The van der Waals surface area contributed by atoms with E-state index in [9.17, 15) is 0 Å². The molecule has 0 aliphatic rings. The summed E-state index contributed by atoms with van der Waals surface area (Å²) in [6.45, 7) is 13.4. The molecule has 128 valence electrons. The van der Waals surface area contributed by atoms with Gasteiger partial charge in [0.05, 0.1) is 0 Å². The second kappa shape index (κ2) is 14.5. The molecule has 0 bridgehead atoms. The van der Waals surface area contributed by atoms with Gasteiger partial charge in [-0.1, -0.05) is 67.2 Å². The maximum absolute atomic E-state index is 2.25. The minimum Gasteiger partial charge on any atom is -1.00 e. The topological polar surface area (TPSA) is 0 Å². The van der Waals surface area contributed by atoms with Gasteiger partial charge in [-0.05, 0) is 0 Å². The molecule has 0 radical (unpaired) electrons. The Labute approximate surface area is 175 Å². The Kier molecular flexibility index (Phi) is 17.6. The summed E-state index contributed by atoms with van der Waals surface area (Å²) in [6, 6.07) is 8.52. The summed E-state index contributed by atoms with van der Waals surface area (Å²) in [5.41, 5.74) is 9.09. The average Bonchev–Trinajstić information content (AvgIpc) is 3.01. The first-order valence-corrected chi connectivity index (χ1v) is 7.95. The largest absolute Gasteiger partial charge is 4.00 e. The fourth-order valence-corrected chi connectivity index (χ4v) is 2.79. The van der Waals surface area contributed by atoms with Gasteiger partial charge in [-0.3, -0.25) is 0 Å². The zero-order chi connectivity index (χ0) is 15.1. The predicted molar refractivity (Wildman–Crippen MR) is 91.0 cm³/mol. The molecule has 3 heteroatoms. The maximum atomic E-state index is 2.25. The van der Waals surface area contributed by atoms with Crippen LogP contribution in [0.5, 0.6) is 0 Å². The molecular weight excluding hydrogens is 402 g/mol. The molecule has 0 saturated carbocycles. The number of aryl methyl sites for hydroxylation is 1. The number of rotatable bonds is 4. The van der Waals surface area contributed by atoms with Crippen LogP contribution < -0.4 is 24.8 Å². The Morgan fingerprint density at radius 1 is 0.870 bits per heavy atom. The van der Waals surface area contributed by atoms with E-state index >= 15 is 0 Å². The molecule has 2 aromatic carbocycles. The van der Waals surface area contributed by atoms with Gasteiger partial charge in [0.1, 0.15) is 0 Å². The first-order chi connectivity index (χ1) is 9.52. The summed E-state index contributed by atoms with van der Waals surface area (Å²) >= 11 is 0. The van der Waals surface area contributed by atoms with Gasteiger partial charge in [-0.15, -0.1) is 0 Å². The zero-order valence-corrected chi connectivity index (χ0v) is 19.4. The molecule has 0 N–H and O–H groups in total. The van der Waals surface area contributed by atoms with Crippen molar-refractivity contribution in [1.29, 1.82) is 0 Å². The van der Waals surface area contributed by atoms with Crippen LogP contribution in [-0.2, 0) is 39.0 Å². The second-order valence-electron chi connectivity index (χ2n) is 5.77. The van der Waals surface area contributed by atoms with E-state index in [0.717, 1.165) is 0 Å². The van der Waals surface area contributed by atoms with Crippen LogP contribution >= 0.6 is 0 Å². The Balaban J connectivity index is -0.000000325. The van der Waals surface area contributed by atoms with Crippen LogP contribution in [-0.4, -0.2) is 0 Å². The Morgan fingerprint density at radius 3 is 1.74 bits per heavy atom. The molecule has 0 nitrogen and oxygen atoms in total. The van der Waals surface area contributed by atoms with Gasteiger partial charge >= 0.3 is 26.2 Å². The molecule has 0 heterocycles. The molecule has 0 saturated heterocycles. The van der Waals surface area contributed by atoms with Crippen LogP contribution in [0.3, 0.4) is 0 Å². The third kappa shape index (κ3) is 8.19. The minimum absolute atomic E-state index is 0. The first-order valence-electron chi connectivity index (χ1n) is 7.95. The molecule has 23 heavy (non-hydrogen) atoms. The molecule has 2 aromatic rings. The minimum atomic E-state index is 0. The molecule has 0 atom stereocenters. The summed E-state index contributed by atoms with van der Waals surface area (Å²) in [5.74, 6) is 0. The van der Waals surface area contributed by atoms with E-state index < -0.39 is 0 Å². The van der Waals surface area contributed by atoms with Crippen molar-refractivity contribution in [3.05, 3.63) is 57.6 Å². The van der Waals surface area contributed by atoms with Crippen LogP contribution in [0.25, 0.3) is 0 Å². The van der Waals surface area contributed by atoms with Crippen molar-refractivity contribution in [1.82, 2.24) is 0 Å². The van der Waals surface area contributed by atoms with Crippen molar-refractivity contribution >= 4 is 0 Å². The van der Waals surface area contributed by atoms with E-state index in [-0.39, 0.29) is 51.0 Å². The number of hydrogen-bond acceptors (Lipinski definition) is 0. The third-order valence-corrected chi connectivity index (χ3v) is 4.36. The Morgan fingerprint density at radius 2 is 1.39 bits per heavy atom. The van der Waals surface area contributed by atoms with Crippen LogP contribution in [0, 0.1) is 27.7 Å². The molecule has 0 spiro atoms. The van der Waals surface area contributed by atoms with Gasteiger partial charge in [0.15, 0.2) is 0 Å². The first kappa shape index (κ1) is 28.0. The maximum Gasteiger partial charge on any atom is 4.00 e. The van der Waals surface area contributed by atoms with Gasteiger partial charge in [0.25, 0.3) is 0 Å². The van der Waals surface area contributed by atoms with E-state index in [4.69, 9.17) is 0 Å². The van der Waals surface area contributed by atoms with Gasteiger partial charge in [-0.2, -0.15) is 45.5 Å². The summed E-state index contributed by atoms with van der Waals surface area (Å²) < 4.78 is 0. The number of hydrogen-bond donors (Lipinski definition) is 0. The Hall–Kier alpha value is 0.163. The standard InChI is InChI=1S/C12H19.C8H11.2ClH.Zr/c1-6-7-12-10(4)8(2)9(3)11(12)5;1-2-5-8-6-3-4-7-8;;;/h6-7H2,1-5H3;3-4,6-7H,2,5H2,1H3;2*1H;/q2*-1;;;+4/p-2. The predicted octanol–water partition coefficient (Wildman–Crippen LogP) is -0.0448. The van der Waals surface area contributed by atoms with Crippen molar-refractivity contribution in [2.75, 3.05) is 0 Å². The van der Waals surface area contributed by atoms with E-state index in [1.807, 2.05) is 0 Å². The molecule has 0 aliphatic carbocycles. The summed E-state index contributed by atoms with van der Waals surface area (Å²) in [5, 5.41) is 0. The summed E-state index contributed by atoms with van der Waals surface area (Å²) in [4.78, 5) is 0. The second-order valence-corrected chi connectivity index (χ2v) is 5.77. The van der Waals surface area contributed by atoms with E-state index in [1.54, 1.807) is 5.56 Å². The molecule has 0 fully saturated rings. The van der Waals surface area contributed by atoms with Crippen LogP contribution in [0.1, 0.15) is 60.1 Å². The molecular formula is C20H30Cl2Zr. The third-order valence-electron chi connectivity index (χ3n) is 4.36. The van der Waals surface area contributed by atoms with Gasteiger partial charge in [0.2, 0.25) is 0 Å². The van der Waals surface area contributed by atoms with E-state index in [2.05, 4.69) is 65.8 Å². The van der Waals surface area contributed by atoms with Crippen molar-refractivity contribution in [2.45, 2.75) is 67.2 Å². The van der Waals surface area contributed by atoms with Crippen molar-refractivity contribution in [2.24, 2.45) is 0 Å². The molecule has 0 aliphatic heterocycles. The summed E-state index contributed by atoms with van der Waals surface area (Å²) in [6.07, 6.45) is 4.98. The zero-order valence-electron chi connectivity index (χ0n) is 15.4. The number of halogens is 2. The summed E-state index contributed by atoms with van der Waals surface area (Å²) in [7, 11) is 0. The van der Waals surface area contributed by atoms with Crippen molar-refractivity contribution < 1.29 is 51.0 Å². The smallest absolute Gasteiger partial charge is 1.00 e. The monoisotopic (exact) mass is 430 g/mol. The quantitative estimate of drug-likeness (QED) is 0.595. The average molecular weight is 433 g/mol. The van der Waals surface area contributed by atoms with Gasteiger partial charge in [-0.25, -0.2) is 12.1 Å². The normalized spacial score (nSPS) is 8.96. The van der Waals surface area contributed by atoms with Crippen molar-refractivity contribution in [3.8, 4) is 0 Å².